The number of fused-ring (bicyclic) bond motifs is 1. The summed E-state index contributed by atoms with van der Waals surface area (Å²) in [5.41, 5.74) is 3.59. The van der Waals surface area contributed by atoms with Gasteiger partial charge in [-0.25, -0.2) is 4.98 Å². The number of allylic oxidation sites excluding steroid dienone is 1. The lowest BCUT2D eigenvalue weighted by atomic mass is 9.97. The molecule has 0 amide bonds. The van der Waals surface area contributed by atoms with Crippen LogP contribution in [0.25, 0.3) is 5.57 Å². The first-order valence-corrected chi connectivity index (χ1v) is 9.78. The normalized spacial score (nSPS) is 18.4. The van der Waals surface area contributed by atoms with Gasteiger partial charge in [-0.1, -0.05) is 17.7 Å². The summed E-state index contributed by atoms with van der Waals surface area (Å²) in [6, 6.07) is 4.18. The molecule has 1 unspecified atom stereocenters. The fourth-order valence-electron chi connectivity index (χ4n) is 3.46. The van der Waals surface area contributed by atoms with Crippen LogP contribution in [0.5, 0.6) is 11.5 Å². The molecule has 3 N–H and O–H groups in total. The van der Waals surface area contributed by atoms with E-state index in [1.807, 2.05) is 26.1 Å². The number of rotatable bonds is 4. The number of hydrogen-bond donors (Lipinski definition) is 3. The largest absolute Gasteiger partial charge is 0.453 e. The van der Waals surface area contributed by atoms with E-state index in [0.717, 1.165) is 42.0 Å². The van der Waals surface area contributed by atoms with Crippen LogP contribution >= 0.6 is 11.6 Å². The number of anilines is 3. The highest BCUT2D eigenvalue weighted by Gasteiger charge is 2.27. The Morgan fingerprint density at radius 2 is 2.11 bits per heavy atom. The van der Waals surface area contributed by atoms with E-state index in [2.05, 4.69) is 38.9 Å². The van der Waals surface area contributed by atoms with Crippen LogP contribution in [0.1, 0.15) is 31.0 Å². The lowest BCUT2D eigenvalue weighted by Gasteiger charge is -2.16. The molecule has 3 heterocycles. The van der Waals surface area contributed by atoms with Crippen molar-refractivity contribution in [1.82, 2.24) is 15.3 Å². The smallest absolute Gasteiger partial charge is 0.231 e. The molecular weight excluding hydrogens is 378 g/mol. The summed E-state index contributed by atoms with van der Waals surface area (Å²) in [7, 11) is 1.82. The second-order valence-electron chi connectivity index (χ2n) is 7.02. The summed E-state index contributed by atoms with van der Waals surface area (Å²) in [5.74, 6) is 2.59. The van der Waals surface area contributed by atoms with Crippen molar-refractivity contribution in [3.8, 4) is 11.5 Å². The van der Waals surface area contributed by atoms with Crippen LogP contribution in [0.3, 0.4) is 0 Å². The number of aryl methyl sites for hydroxylation is 1. The van der Waals surface area contributed by atoms with E-state index in [-0.39, 0.29) is 6.79 Å². The molecule has 4 rings (SSSR count). The SMILES string of the molecule is CNc1cc(C)nc(Nc2cc3c(c(C4=CCNC(C)CC4)c2Cl)OCO3)n1. The molecule has 2 aromatic rings. The van der Waals surface area contributed by atoms with Crippen LogP contribution in [-0.4, -0.2) is 36.4 Å². The highest BCUT2D eigenvalue weighted by molar-refractivity contribution is 6.35. The Balaban J connectivity index is 1.75. The van der Waals surface area contributed by atoms with Gasteiger partial charge in [0.25, 0.3) is 0 Å². The van der Waals surface area contributed by atoms with Gasteiger partial charge in [-0.05, 0) is 32.3 Å². The zero-order chi connectivity index (χ0) is 19.7. The fourth-order valence-corrected chi connectivity index (χ4v) is 3.77. The minimum absolute atomic E-state index is 0.189. The van der Waals surface area contributed by atoms with E-state index < -0.39 is 0 Å². The summed E-state index contributed by atoms with van der Waals surface area (Å²) < 4.78 is 11.4. The number of ether oxygens (including phenoxy) is 2. The third kappa shape index (κ3) is 3.72. The topological polar surface area (TPSA) is 80.3 Å². The van der Waals surface area contributed by atoms with Crippen molar-refractivity contribution in [2.24, 2.45) is 0 Å². The first-order chi connectivity index (χ1) is 13.5. The number of halogens is 1. The average molecular weight is 402 g/mol. The standard InChI is InChI=1S/C20H24ClN5O2/c1-11-4-5-13(6-7-23-11)17-18(21)14(9-15-19(17)28-10-27-15)25-20-24-12(2)8-16(22-3)26-20/h6,8-9,11,23H,4-5,7,10H2,1-3H3,(H2,22,24,25,26). The average Bonchev–Trinajstić information content (AvgIpc) is 3.02. The van der Waals surface area contributed by atoms with Crippen LogP contribution in [0, 0.1) is 6.92 Å². The van der Waals surface area contributed by atoms with Crippen LogP contribution in [0.2, 0.25) is 5.02 Å². The molecule has 1 atom stereocenters. The predicted octanol–water partition coefficient (Wildman–Crippen LogP) is 4.11. The summed E-state index contributed by atoms with van der Waals surface area (Å²) >= 11 is 6.85. The number of nitrogens with zero attached hydrogens (tertiary/aromatic N) is 2. The van der Waals surface area contributed by atoms with Gasteiger partial charge in [-0.2, -0.15) is 4.98 Å². The molecule has 8 heteroatoms. The molecule has 0 aliphatic carbocycles. The van der Waals surface area contributed by atoms with E-state index in [1.165, 1.54) is 0 Å². The van der Waals surface area contributed by atoms with Gasteiger partial charge in [0.2, 0.25) is 12.7 Å². The number of nitrogens with one attached hydrogen (secondary N) is 3. The lowest BCUT2D eigenvalue weighted by molar-refractivity contribution is 0.173. The van der Waals surface area contributed by atoms with Crippen molar-refractivity contribution in [3.05, 3.63) is 34.5 Å². The Hall–Kier alpha value is -2.51. The molecular formula is C20H24ClN5O2. The zero-order valence-electron chi connectivity index (χ0n) is 16.2. The monoisotopic (exact) mass is 401 g/mol. The molecule has 0 fully saturated rings. The summed E-state index contributed by atoms with van der Waals surface area (Å²) in [5, 5.41) is 10.3. The minimum atomic E-state index is 0.189. The number of aromatic nitrogens is 2. The second kappa shape index (κ2) is 7.85. The molecule has 1 aromatic heterocycles. The van der Waals surface area contributed by atoms with Crippen molar-refractivity contribution < 1.29 is 9.47 Å². The molecule has 148 valence electrons. The van der Waals surface area contributed by atoms with E-state index in [4.69, 9.17) is 21.1 Å². The van der Waals surface area contributed by atoms with Crippen LogP contribution in [-0.2, 0) is 0 Å². The summed E-state index contributed by atoms with van der Waals surface area (Å²) in [4.78, 5) is 8.92. The third-order valence-electron chi connectivity index (χ3n) is 4.94. The maximum absolute atomic E-state index is 6.85. The molecule has 0 radical (unpaired) electrons. The Morgan fingerprint density at radius 1 is 1.25 bits per heavy atom. The predicted molar refractivity (Wildman–Crippen MR) is 112 cm³/mol. The summed E-state index contributed by atoms with van der Waals surface area (Å²) in [6.07, 6.45) is 4.12. The van der Waals surface area contributed by atoms with Gasteiger partial charge < -0.3 is 25.4 Å². The zero-order valence-corrected chi connectivity index (χ0v) is 17.0. The molecule has 28 heavy (non-hydrogen) atoms. The molecule has 7 nitrogen and oxygen atoms in total. The van der Waals surface area contributed by atoms with Crippen molar-refractivity contribution in [3.63, 3.8) is 0 Å². The number of benzene rings is 1. The van der Waals surface area contributed by atoms with Crippen molar-refractivity contribution in [2.45, 2.75) is 32.7 Å². The quantitative estimate of drug-likeness (QED) is 0.711. The van der Waals surface area contributed by atoms with Gasteiger partial charge in [-0.3, -0.25) is 0 Å². The van der Waals surface area contributed by atoms with Crippen LogP contribution < -0.4 is 25.4 Å². The first kappa shape index (κ1) is 18.8. The molecule has 2 aliphatic heterocycles. The molecule has 1 aromatic carbocycles. The Morgan fingerprint density at radius 3 is 2.93 bits per heavy atom. The van der Waals surface area contributed by atoms with Gasteiger partial charge in [0.15, 0.2) is 11.5 Å². The van der Waals surface area contributed by atoms with Crippen molar-refractivity contribution >= 4 is 34.6 Å². The molecule has 0 spiro atoms. The number of hydrogen-bond acceptors (Lipinski definition) is 7. The van der Waals surface area contributed by atoms with Gasteiger partial charge in [0.1, 0.15) is 5.82 Å². The van der Waals surface area contributed by atoms with Crippen molar-refractivity contribution in [2.75, 3.05) is 31.0 Å². The maximum atomic E-state index is 6.85. The molecule has 2 aliphatic rings. The minimum Gasteiger partial charge on any atom is -0.453 e. The van der Waals surface area contributed by atoms with E-state index >= 15 is 0 Å². The van der Waals surface area contributed by atoms with Gasteiger partial charge in [-0.15, -0.1) is 0 Å². The van der Waals surface area contributed by atoms with E-state index in [9.17, 15) is 0 Å². The Bertz CT molecular complexity index is 931. The van der Waals surface area contributed by atoms with Crippen molar-refractivity contribution in [1.29, 1.82) is 0 Å². The van der Waals surface area contributed by atoms with Gasteiger partial charge in [0, 0.05) is 43.0 Å². The van der Waals surface area contributed by atoms with E-state index in [0.29, 0.717) is 34.2 Å². The highest BCUT2D eigenvalue weighted by atomic mass is 35.5. The first-order valence-electron chi connectivity index (χ1n) is 9.40. The van der Waals surface area contributed by atoms with Crippen LogP contribution in [0.4, 0.5) is 17.5 Å². The Kier molecular flexibility index (Phi) is 5.28. The molecule has 0 saturated carbocycles. The van der Waals surface area contributed by atoms with Gasteiger partial charge in [0.05, 0.1) is 10.7 Å². The molecule has 0 bridgehead atoms. The fraction of sp³-hybridized carbons (Fsp3) is 0.400. The Labute approximate surface area is 169 Å². The summed E-state index contributed by atoms with van der Waals surface area (Å²) in [6.45, 7) is 5.10. The molecule has 0 saturated heterocycles. The van der Waals surface area contributed by atoms with Crippen LogP contribution in [0.15, 0.2) is 18.2 Å². The lowest BCUT2D eigenvalue weighted by Crippen LogP contribution is -2.24. The highest BCUT2D eigenvalue weighted by Crippen LogP contribution is 2.48. The maximum Gasteiger partial charge on any atom is 0.231 e. The third-order valence-corrected chi connectivity index (χ3v) is 5.33. The van der Waals surface area contributed by atoms with Gasteiger partial charge >= 0.3 is 0 Å². The second-order valence-corrected chi connectivity index (χ2v) is 7.40. The van der Waals surface area contributed by atoms with E-state index in [1.54, 1.807) is 0 Å².